The largest absolute Gasteiger partial charge is 0.379 e. The van der Waals surface area contributed by atoms with Crippen LogP contribution in [0.4, 0.5) is 0 Å². The van der Waals surface area contributed by atoms with Crippen molar-refractivity contribution in [1.82, 2.24) is 14.9 Å². The number of aliphatic imine (C=N–C) groups is 1. The smallest absolute Gasteiger partial charge is 0.215 e. The highest BCUT2D eigenvalue weighted by molar-refractivity contribution is 7.89. The average molecular weight is 375 g/mol. The minimum absolute atomic E-state index is 0.0483. The van der Waals surface area contributed by atoms with Crippen LogP contribution in [0, 0.1) is 0 Å². The van der Waals surface area contributed by atoms with Crippen LogP contribution in [0.1, 0.15) is 16.7 Å². The number of nitrogens with one attached hydrogen (secondary N) is 2. The first kappa shape index (κ1) is 19.2. The van der Waals surface area contributed by atoms with Crippen LogP contribution in [0.25, 0.3) is 0 Å². The fourth-order valence-electron chi connectivity index (χ4n) is 2.35. The Morgan fingerprint density at radius 2 is 2.00 bits per heavy atom. The van der Waals surface area contributed by atoms with Gasteiger partial charge in [-0.3, -0.25) is 4.99 Å². The summed E-state index contributed by atoms with van der Waals surface area (Å²) >= 11 is 1.77. The van der Waals surface area contributed by atoms with E-state index < -0.39 is 10.0 Å². The van der Waals surface area contributed by atoms with Crippen molar-refractivity contribution in [3.8, 4) is 0 Å². The van der Waals surface area contributed by atoms with Crippen molar-refractivity contribution in [1.29, 1.82) is 0 Å². The van der Waals surface area contributed by atoms with Crippen LogP contribution in [0.3, 0.4) is 0 Å². The molecule has 0 spiro atoms. The Labute approximate surface area is 148 Å². The highest BCUT2D eigenvalue weighted by atomic mass is 32.2. The average Bonchev–Trinajstić information content (AvgIpc) is 3.06. The number of sulfonamides is 1. The minimum atomic E-state index is -3.24. The molecule has 0 aromatic carbocycles. The third-order valence-corrected chi connectivity index (χ3v) is 6.84. The molecular weight excluding hydrogens is 348 g/mol. The lowest BCUT2D eigenvalue weighted by atomic mass is 10.4. The number of hydrogen-bond acceptors (Lipinski definition) is 5. The van der Waals surface area contributed by atoms with Crippen LogP contribution in [0.5, 0.6) is 0 Å². The molecule has 1 aromatic heterocycles. The van der Waals surface area contributed by atoms with Crippen molar-refractivity contribution < 1.29 is 13.2 Å². The van der Waals surface area contributed by atoms with Gasteiger partial charge in [0.05, 0.1) is 25.5 Å². The number of hydrogen-bond donors (Lipinski definition) is 2. The zero-order valence-electron chi connectivity index (χ0n) is 14.2. The van der Waals surface area contributed by atoms with E-state index in [1.165, 1.54) is 14.1 Å². The molecule has 0 atom stereocenters. The lowest BCUT2D eigenvalue weighted by Crippen LogP contribution is -2.45. The van der Waals surface area contributed by atoms with Crippen LogP contribution in [0.2, 0.25) is 0 Å². The standard InChI is InChI=1S/C15H26N4O3S2/c1-3-13-4-5-14(23-13)12-18-15(16-2)17-6-11-24(20,21)19-7-9-22-10-8-19/h4-5H,3,6-12H2,1-2H3,(H2,16,17,18). The van der Waals surface area contributed by atoms with Crippen molar-refractivity contribution in [3.05, 3.63) is 21.9 Å². The molecule has 1 aromatic rings. The maximum atomic E-state index is 12.2. The molecule has 0 amide bonds. The Morgan fingerprint density at radius 3 is 2.62 bits per heavy atom. The van der Waals surface area contributed by atoms with Crippen molar-refractivity contribution in [2.24, 2.45) is 4.99 Å². The van der Waals surface area contributed by atoms with Gasteiger partial charge in [0, 0.05) is 36.4 Å². The van der Waals surface area contributed by atoms with Crippen molar-refractivity contribution in [3.63, 3.8) is 0 Å². The number of ether oxygens (including phenoxy) is 1. The summed E-state index contributed by atoms with van der Waals surface area (Å²) in [6, 6.07) is 4.24. The van der Waals surface area contributed by atoms with E-state index in [1.807, 2.05) is 0 Å². The molecule has 2 rings (SSSR count). The van der Waals surface area contributed by atoms with E-state index in [0.29, 0.717) is 45.4 Å². The SMILES string of the molecule is CCc1ccc(CNC(=NC)NCCS(=O)(=O)N2CCOCC2)s1. The Kier molecular flexibility index (Phi) is 7.47. The Morgan fingerprint density at radius 1 is 1.29 bits per heavy atom. The Balaban J connectivity index is 1.74. The first-order chi connectivity index (χ1) is 11.5. The summed E-state index contributed by atoms with van der Waals surface area (Å²) < 4.78 is 31.2. The number of guanidine groups is 1. The minimum Gasteiger partial charge on any atom is -0.379 e. The molecule has 136 valence electrons. The molecule has 1 aliphatic rings. The van der Waals surface area contributed by atoms with E-state index in [-0.39, 0.29) is 5.75 Å². The van der Waals surface area contributed by atoms with E-state index in [9.17, 15) is 8.42 Å². The van der Waals surface area contributed by atoms with Crippen LogP contribution < -0.4 is 10.6 Å². The van der Waals surface area contributed by atoms with Gasteiger partial charge in [0.1, 0.15) is 0 Å². The van der Waals surface area contributed by atoms with Crippen LogP contribution in [0.15, 0.2) is 17.1 Å². The summed E-state index contributed by atoms with van der Waals surface area (Å²) in [5, 5.41) is 6.27. The Bertz CT molecular complexity index is 637. The zero-order valence-corrected chi connectivity index (χ0v) is 15.9. The van der Waals surface area contributed by atoms with Crippen molar-refractivity contribution in [2.75, 3.05) is 45.6 Å². The van der Waals surface area contributed by atoms with Gasteiger partial charge in [-0.25, -0.2) is 8.42 Å². The molecule has 1 fully saturated rings. The van der Waals surface area contributed by atoms with Gasteiger partial charge in [-0.15, -0.1) is 11.3 Å². The van der Waals surface area contributed by atoms with Crippen molar-refractivity contribution in [2.45, 2.75) is 19.9 Å². The molecule has 0 bridgehead atoms. The van der Waals surface area contributed by atoms with Crippen LogP contribution >= 0.6 is 11.3 Å². The fraction of sp³-hybridized carbons (Fsp3) is 0.667. The van der Waals surface area contributed by atoms with Gasteiger partial charge < -0.3 is 15.4 Å². The molecule has 2 N–H and O–H groups in total. The van der Waals surface area contributed by atoms with Crippen LogP contribution in [-0.4, -0.2) is 64.3 Å². The number of nitrogens with zero attached hydrogens (tertiary/aromatic N) is 2. The molecule has 1 aliphatic heterocycles. The maximum Gasteiger partial charge on any atom is 0.215 e. The summed E-state index contributed by atoms with van der Waals surface area (Å²) in [4.78, 5) is 6.72. The van der Waals surface area contributed by atoms with Gasteiger partial charge in [0.25, 0.3) is 0 Å². The quantitative estimate of drug-likeness (QED) is 0.541. The van der Waals surface area contributed by atoms with Crippen LogP contribution in [-0.2, 0) is 27.7 Å². The second-order valence-electron chi connectivity index (χ2n) is 5.40. The van der Waals surface area contributed by atoms with E-state index in [2.05, 4.69) is 34.7 Å². The topological polar surface area (TPSA) is 83.0 Å². The first-order valence-corrected chi connectivity index (χ1v) is 10.6. The predicted octanol–water partition coefficient (Wildman–Crippen LogP) is 0.638. The van der Waals surface area contributed by atoms with Gasteiger partial charge in [-0.1, -0.05) is 6.92 Å². The number of aryl methyl sites for hydroxylation is 1. The molecule has 2 heterocycles. The number of thiophene rings is 1. The molecule has 9 heteroatoms. The van der Waals surface area contributed by atoms with Crippen molar-refractivity contribution >= 4 is 27.3 Å². The normalized spacial score (nSPS) is 17.0. The van der Waals surface area contributed by atoms with E-state index in [1.54, 1.807) is 18.4 Å². The lowest BCUT2D eigenvalue weighted by Gasteiger charge is -2.26. The number of rotatable bonds is 7. The maximum absolute atomic E-state index is 12.2. The molecule has 0 saturated carbocycles. The molecule has 0 radical (unpaired) electrons. The van der Waals surface area contributed by atoms with E-state index in [4.69, 9.17) is 4.74 Å². The second kappa shape index (κ2) is 9.36. The monoisotopic (exact) mass is 374 g/mol. The van der Waals surface area contributed by atoms with Gasteiger partial charge in [-0.2, -0.15) is 4.31 Å². The van der Waals surface area contributed by atoms with Gasteiger partial charge >= 0.3 is 0 Å². The molecule has 24 heavy (non-hydrogen) atoms. The lowest BCUT2D eigenvalue weighted by molar-refractivity contribution is 0.0730. The summed E-state index contributed by atoms with van der Waals surface area (Å²) in [7, 11) is -1.57. The fourth-order valence-corrected chi connectivity index (χ4v) is 4.57. The summed E-state index contributed by atoms with van der Waals surface area (Å²) in [6.45, 7) is 4.96. The van der Waals surface area contributed by atoms with E-state index >= 15 is 0 Å². The molecule has 7 nitrogen and oxygen atoms in total. The third-order valence-electron chi connectivity index (χ3n) is 3.74. The van der Waals surface area contributed by atoms with E-state index in [0.717, 1.165) is 6.42 Å². The van der Waals surface area contributed by atoms with Gasteiger partial charge in [-0.05, 0) is 18.6 Å². The summed E-state index contributed by atoms with van der Waals surface area (Å²) in [6.07, 6.45) is 1.04. The predicted molar refractivity (Wildman–Crippen MR) is 98.1 cm³/mol. The second-order valence-corrected chi connectivity index (χ2v) is 8.74. The zero-order chi connectivity index (χ0) is 17.4. The first-order valence-electron chi connectivity index (χ1n) is 8.13. The van der Waals surface area contributed by atoms with Gasteiger partial charge in [0.15, 0.2) is 5.96 Å². The molecule has 0 aliphatic carbocycles. The molecular formula is C15H26N4O3S2. The molecule has 0 unspecified atom stereocenters. The summed E-state index contributed by atoms with van der Waals surface area (Å²) in [5.74, 6) is 0.658. The number of morpholine rings is 1. The Hall–Kier alpha value is -1.16. The highest BCUT2D eigenvalue weighted by Crippen LogP contribution is 2.16. The third kappa shape index (κ3) is 5.73. The van der Waals surface area contributed by atoms with Gasteiger partial charge in [0.2, 0.25) is 10.0 Å². The summed E-state index contributed by atoms with van der Waals surface area (Å²) in [5.41, 5.74) is 0. The molecule has 1 saturated heterocycles. The highest BCUT2D eigenvalue weighted by Gasteiger charge is 2.23.